The van der Waals surface area contributed by atoms with E-state index in [4.69, 9.17) is 16.3 Å². The fourth-order valence-electron chi connectivity index (χ4n) is 2.02. The molecule has 0 saturated heterocycles. The van der Waals surface area contributed by atoms with E-state index < -0.39 is 12.0 Å². The number of hydrogen-bond donors (Lipinski definition) is 2. The number of methoxy groups -OCH3 is 1. The number of fused-ring (bicyclic) bond motifs is 1. The number of aromatic nitrogens is 2. The zero-order chi connectivity index (χ0) is 16.3. The zero-order valence-electron chi connectivity index (χ0n) is 12.0. The molecule has 0 atom stereocenters. The Hall–Kier alpha value is -2.48. The Balaban J connectivity index is 2.63. The Morgan fingerprint density at radius 3 is 2.82 bits per heavy atom. The maximum absolute atomic E-state index is 11.8. The van der Waals surface area contributed by atoms with Crippen LogP contribution in [0.4, 0.5) is 10.5 Å². The van der Waals surface area contributed by atoms with Gasteiger partial charge in [0, 0.05) is 11.9 Å². The van der Waals surface area contributed by atoms with E-state index in [-0.39, 0.29) is 23.9 Å². The summed E-state index contributed by atoms with van der Waals surface area (Å²) in [4.78, 5) is 24.7. The number of hydrogen-bond acceptors (Lipinski definition) is 5. The van der Waals surface area contributed by atoms with Gasteiger partial charge in [-0.15, -0.1) is 11.6 Å². The first-order valence-electron chi connectivity index (χ1n) is 6.44. The summed E-state index contributed by atoms with van der Waals surface area (Å²) in [7, 11) is 1.25. The van der Waals surface area contributed by atoms with Gasteiger partial charge in [0.1, 0.15) is 22.8 Å². The topological polar surface area (TPSA) is 96.7 Å². The molecule has 0 aliphatic heterocycles. The average Bonchev–Trinajstić information content (AvgIpc) is 2.94. The number of nitrogens with one attached hydrogen (secondary N) is 1. The maximum atomic E-state index is 11.8. The summed E-state index contributed by atoms with van der Waals surface area (Å²) in [5, 5.41) is 18.5. The molecule has 0 saturated carbocycles. The summed E-state index contributed by atoms with van der Waals surface area (Å²) in [6.07, 6.45) is 0.891. The van der Waals surface area contributed by atoms with E-state index in [0.717, 1.165) is 0 Å². The highest BCUT2D eigenvalue weighted by Crippen LogP contribution is 2.32. The van der Waals surface area contributed by atoms with Crippen molar-refractivity contribution in [2.75, 3.05) is 29.9 Å². The van der Waals surface area contributed by atoms with Crippen molar-refractivity contribution in [2.24, 2.45) is 0 Å². The van der Waals surface area contributed by atoms with E-state index in [9.17, 15) is 14.7 Å². The molecule has 0 aliphatic rings. The minimum absolute atomic E-state index is 0.128. The number of carbonyl (C=O) groups excluding carboxylic acids is 2. The first-order valence-corrected chi connectivity index (χ1v) is 6.98. The number of halogens is 1. The van der Waals surface area contributed by atoms with Gasteiger partial charge in [-0.2, -0.15) is 14.9 Å². The minimum Gasteiger partial charge on any atom is -0.506 e. The Kier molecular flexibility index (Phi) is 4.71. The number of benzene rings is 1. The first-order chi connectivity index (χ1) is 10.5. The van der Waals surface area contributed by atoms with E-state index in [1.54, 1.807) is 13.0 Å². The maximum Gasteiger partial charge on any atom is 0.430 e. The Morgan fingerprint density at radius 2 is 2.23 bits per heavy atom. The molecule has 22 heavy (non-hydrogen) atoms. The van der Waals surface area contributed by atoms with Gasteiger partial charge < -0.3 is 15.2 Å². The number of anilines is 1. The van der Waals surface area contributed by atoms with Crippen molar-refractivity contribution in [3.8, 4) is 5.75 Å². The highest BCUT2D eigenvalue weighted by Gasteiger charge is 2.21. The van der Waals surface area contributed by atoms with Crippen molar-refractivity contribution in [2.45, 2.75) is 6.92 Å². The number of aromatic hydroxyl groups is 1. The minimum atomic E-state index is -0.620. The molecular weight excluding hydrogens is 312 g/mol. The summed E-state index contributed by atoms with van der Waals surface area (Å²) >= 11 is 5.48. The lowest BCUT2D eigenvalue weighted by atomic mass is 10.2. The summed E-state index contributed by atoms with van der Waals surface area (Å²) in [5.41, 5.74) is 0.494. The van der Waals surface area contributed by atoms with Crippen LogP contribution in [0.15, 0.2) is 18.3 Å². The van der Waals surface area contributed by atoms with Gasteiger partial charge in [0.2, 0.25) is 5.91 Å². The second-order valence-corrected chi connectivity index (χ2v) is 4.57. The number of amides is 2. The third kappa shape index (κ3) is 2.77. The molecule has 2 rings (SSSR count). The molecule has 0 spiro atoms. The van der Waals surface area contributed by atoms with Crippen LogP contribution < -0.4 is 10.3 Å². The fourth-order valence-corrected chi connectivity index (χ4v) is 2.08. The number of nitrogens with zero attached hydrogens (tertiary/aromatic N) is 3. The molecule has 2 aromatic rings. The number of ether oxygens (including phenoxy) is 1. The van der Waals surface area contributed by atoms with Crippen molar-refractivity contribution in [1.29, 1.82) is 0 Å². The molecule has 1 aromatic carbocycles. The third-order valence-corrected chi connectivity index (χ3v) is 3.24. The zero-order valence-corrected chi connectivity index (χ0v) is 12.8. The molecule has 118 valence electrons. The van der Waals surface area contributed by atoms with Crippen LogP contribution >= 0.6 is 11.6 Å². The van der Waals surface area contributed by atoms with Gasteiger partial charge in [0.15, 0.2) is 0 Å². The van der Waals surface area contributed by atoms with Gasteiger partial charge in [0.05, 0.1) is 13.3 Å². The highest BCUT2D eigenvalue weighted by atomic mass is 35.5. The smallest absolute Gasteiger partial charge is 0.430 e. The van der Waals surface area contributed by atoms with Crippen LogP contribution in [0.5, 0.6) is 5.75 Å². The Morgan fingerprint density at radius 1 is 1.50 bits per heavy atom. The number of carbonyl (C=O) groups is 2. The van der Waals surface area contributed by atoms with Crippen LogP contribution in [0.25, 0.3) is 10.9 Å². The Bertz CT molecular complexity index is 715. The SMILES string of the molecule is CCN(C(=O)OC)n1ncc2ccc(O)c(NC(=O)CCl)c21. The molecule has 1 aromatic heterocycles. The van der Waals surface area contributed by atoms with Crippen molar-refractivity contribution in [1.82, 2.24) is 9.89 Å². The number of rotatable bonds is 4. The summed E-state index contributed by atoms with van der Waals surface area (Å²) in [6, 6.07) is 3.04. The molecule has 2 N–H and O–H groups in total. The molecule has 2 amide bonds. The Labute approximate surface area is 131 Å². The lowest BCUT2D eigenvalue weighted by Gasteiger charge is -2.21. The van der Waals surface area contributed by atoms with Gasteiger partial charge in [-0.1, -0.05) is 0 Å². The molecule has 8 nitrogen and oxygen atoms in total. The number of alkyl halides is 1. The van der Waals surface area contributed by atoms with Gasteiger partial charge in [-0.25, -0.2) is 4.79 Å². The van der Waals surface area contributed by atoms with Crippen LogP contribution in [-0.2, 0) is 9.53 Å². The van der Waals surface area contributed by atoms with Crippen LogP contribution in [-0.4, -0.2) is 46.5 Å². The van der Waals surface area contributed by atoms with Crippen LogP contribution in [0.2, 0.25) is 0 Å². The van der Waals surface area contributed by atoms with E-state index in [2.05, 4.69) is 10.4 Å². The molecule has 1 heterocycles. The quantitative estimate of drug-likeness (QED) is 0.657. The predicted octanol–water partition coefficient (Wildman–Crippen LogP) is 1.64. The first kappa shape index (κ1) is 15.9. The predicted molar refractivity (Wildman–Crippen MR) is 81.9 cm³/mol. The van der Waals surface area contributed by atoms with E-state index >= 15 is 0 Å². The van der Waals surface area contributed by atoms with E-state index in [1.165, 1.54) is 29.2 Å². The lowest BCUT2D eigenvalue weighted by Crippen LogP contribution is -2.41. The van der Waals surface area contributed by atoms with Crippen LogP contribution in [0.3, 0.4) is 0 Å². The van der Waals surface area contributed by atoms with Crippen molar-refractivity contribution in [3.05, 3.63) is 18.3 Å². The van der Waals surface area contributed by atoms with Crippen molar-refractivity contribution < 1.29 is 19.4 Å². The molecule has 9 heteroatoms. The molecule has 0 bridgehead atoms. The second-order valence-electron chi connectivity index (χ2n) is 4.30. The lowest BCUT2D eigenvalue weighted by molar-refractivity contribution is -0.113. The van der Waals surface area contributed by atoms with E-state index in [0.29, 0.717) is 10.9 Å². The van der Waals surface area contributed by atoms with Crippen LogP contribution in [0, 0.1) is 0 Å². The molecule has 0 fully saturated rings. The fraction of sp³-hybridized carbons (Fsp3) is 0.308. The van der Waals surface area contributed by atoms with Gasteiger partial charge >= 0.3 is 6.09 Å². The largest absolute Gasteiger partial charge is 0.506 e. The normalized spacial score (nSPS) is 10.5. The molecular formula is C13H15ClN4O4. The van der Waals surface area contributed by atoms with Gasteiger partial charge in [0.25, 0.3) is 0 Å². The van der Waals surface area contributed by atoms with Gasteiger partial charge in [-0.3, -0.25) is 4.79 Å². The van der Waals surface area contributed by atoms with Crippen molar-refractivity contribution in [3.63, 3.8) is 0 Å². The average molecular weight is 327 g/mol. The number of phenolic OH excluding ortho intramolecular Hbond substituents is 1. The molecule has 0 unspecified atom stereocenters. The number of phenols is 1. The summed E-state index contributed by atoms with van der Waals surface area (Å²) in [5.74, 6) is -0.912. The molecule has 0 radical (unpaired) electrons. The standard InChI is InChI=1S/C13H15ClN4O4/c1-3-17(13(21)22-2)18-12-8(7-15-18)4-5-9(19)11(12)16-10(20)6-14/h4-5,7,19H,3,6H2,1-2H3,(H,16,20). The second kappa shape index (κ2) is 6.52. The van der Waals surface area contributed by atoms with Crippen LogP contribution in [0.1, 0.15) is 6.92 Å². The highest BCUT2D eigenvalue weighted by molar-refractivity contribution is 6.29. The van der Waals surface area contributed by atoms with Crippen molar-refractivity contribution >= 4 is 40.2 Å². The summed E-state index contributed by atoms with van der Waals surface area (Å²) < 4.78 is 4.70. The van der Waals surface area contributed by atoms with E-state index in [1.807, 2.05) is 0 Å². The summed E-state index contributed by atoms with van der Waals surface area (Å²) in [6.45, 7) is 2.02. The monoisotopic (exact) mass is 326 g/mol. The van der Waals surface area contributed by atoms with Gasteiger partial charge in [-0.05, 0) is 19.1 Å². The molecule has 0 aliphatic carbocycles. The third-order valence-electron chi connectivity index (χ3n) is 2.99.